The van der Waals surface area contributed by atoms with Gasteiger partial charge >= 0.3 is 6.03 Å². The third-order valence-electron chi connectivity index (χ3n) is 4.38. The van der Waals surface area contributed by atoms with Crippen LogP contribution in [0.15, 0.2) is 34.3 Å². The number of phenols is 1. The molecule has 0 aromatic heterocycles. The van der Waals surface area contributed by atoms with Crippen LogP contribution in [0.3, 0.4) is 0 Å². The van der Waals surface area contributed by atoms with E-state index in [0.717, 1.165) is 4.90 Å². The second kappa shape index (κ2) is 8.86. The van der Waals surface area contributed by atoms with Crippen molar-refractivity contribution in [1.82, 2.24) is 5.32 Å². The molecular formula is C20H16BrClN2O7. The molecule has 162 valence electrons. The van der Waals surface area contributed by atoms with E-state index in [-0.39, 0.29) is 39.3 Å². The fraction of sp³-hybridized carbons (Fsp3) is 0.150. The van der Waals surface area contributed by atoms with Gasteiger partial charge in [-0.2, -0.15) is 0 Å². The zero-order valence-electron chi connectivity index (χ0n) is 16.5. The molecular weight excluding hydrogens is 496 g/mol. The van der Waals surface area contributed by atoms with E-state index in [4.69, 9.17) is 25.8 Å². The maximum atomic E-state index is 13.2. The minimum absolute atomic E-state index is 0.0362. The summed E-state index contributed by atoms with van der Waals surface area (Å²) >= 11 is 9.28. The number of urea groups is 1. The van der Waals surface area contributed by atoms with Crippen LogP contribution in [0, 0.1) is 0 Å². The first-order valence-electron chi connectivity index (χ1n) is 8.61. The Kier molecular flexibility index (Phi) is 6.42. The minimum Gasteiger partial charge on any atom is -0.503 e. The van der Waals surface area contributed by atoms with Gasteiger partial charge in [-0.3, -0.25) is 14.9 Å². The summed E-state index contributed by atoms with van der Waals surface area (Å²) in [6.07, 6.45) is 1.27. The lowest BCUT2D eigenvalue weighted by Crippen LogP contribution is -2.54. The normalized spacial score (nSPS) is 15.2. The lowest BCUT2D eigenvalue weighted by molar-refractivity contribution is -0.122. The average molecular weight is 512 g/mol. The summed E-state index contributed by atoms with van der Waals surface area (Å²) in [5.74, 6) is -1.46. The van der Waals surface area contributed by atoms with E-state index in [0.29, 0.717) is 10.0 Å². The molecule has 1 heterocycles. The minimum atomic E-state index is -0.959. The molecule has 31 heavy (non-hydrogen) atoms. The van der Waals surface area contributed by atoms with Gasteiger partial charge in [-0.15, -0.1) is 0 Å². The topological polar surface area (TPSA) is 114 Å². The summed E-state index contributed by atoms with van der Waals surface area (Å²) in [6.45, 7) is 0. The molecule has 0 atom stereocenters. The third-order valence-corrected chi connectivity index (χ3v) is 5.28. The van der Waals surface area contributed by atoms with Crippen LogP contribution in [-0.4, -0.2) is 44.3 Å². The number of hydrogen-bond acceptors (Lipinski definition) is 7. The number of ether oxygens (including phenoxy) is 3. The van der Waals surface area contributed by atoms with Crippen LogP contribution in [0.4, 0.5) is 10.5 Å². The number of nitrogens with one attached hydrogen (secondary N) is 1. The molecule has 3 rings (SSSR count). The molecule has 0 saturated carbocycles. The Morgan fingerprint density at radius 1 is 1.00 bits per heavy atom. The van der Waals surface area contributed by atoms with E-state index < -0.39 is 17.8 Å². The summed E-state index contributed by atoms with van der Waals surface area (Å²) in [5, 5.41) is 12.3. The van der Waals surface area contributed by atoms with E-state index in [1.165, 1.54) is 51.7 Å². The van der Waals surface area contributed by atoms with Gasteiger partial charge in [0.05, 0.1) is 36.5 Å². The number of benzene rings is 2. The van der Waals surface area contributed by atoms with Crippen molar-refractivity contribution in [3.8, 4) is 23.0 Å². The first-order chi connectivity index (χ1) is 14.7. The quantitative estimate of drug-likeness (QED) is 0.466. The summed E-state index contributed by atoms with van der Waals surface area (Å²) in [6, 6.07) is 4.70. The number of phenolic OH excluding ortho intramolecular Hbond substituents is 1. The fourth-order valence-corrected chi connectivity index (χ4v) is 3.59. The van der Waals surface area contributed by atoms with Crippen LogP contribution in [0.1, 0.15) is 5.56 Å². The summed E-state index contributed by atoms with van der Waals surface area (Å²) in [4.78, 5) is 38.9. The molecule has 1 aliphatic rings. The van der Waals surface area contributed by atoms with Gasteiger partial charge in [-0.05, 0) is 39.7 Å². The number of aromatic hydroxyl groups is 1. The summed E-state index contributed by atoms with van der Waals surface area (Å²) in [5.41, 5.74) is 0.0827. The van der Waals surface area contributed by atoms with Crippen molar-refractivity contribution in [2.24, 2.45) is 0 Å². The van der Waals surface area contributed by atoms with Crippen LogP contribution >= 0.6 is 27.5 Å². The number of methoxy groups -OCH3 is 3. The molecule has 0 aliphatic carbocycles. The molecule has 0 unspecified atom stereocenters. The Balaban J connectivity index is 2.12. The van der Waals surface area contributed by atoms with E-state index in [2.05, 4.69) is 21.2 Å². The van der Waals surface area contributed by atoms with Gasteiger partial charge in [-0.25, -0.2) is 9.69 Å². The molecule has 1 fully saturated rings. The number of carbonyl (C=O) groups is 3. The van der Waals surface area contributed by atoms with E-state index in [9.17, 15) is 19.5 Å². The number of halogens is 2. The number of carbonyl (C=O) groups excluding carboxylic acids is 3. The predicted molar refractivity (Wildman–Crippen MR) is 116 cm³/mol. The molecule has 9 nitrogen and oxygen atoms in total. The lowest BCUT2D eigenvalue weighted by Gasteiger charge is -2.28. The summed E-state index contributed by atoms with van der Waals surface area (Å²) < 4.78 is 15.8. The fourth-order valence-electron chi connectivity index (χ4n) is 2.89. The molecule has 0 radical (unpaired) electrons. The molecule has 2 aromatic carbocycles. The highest BCUT2D eigenvalue weighted by molar-refractivity contribution is 9.10. The van der Waals surface area contributed by atoms with Crippen molar-refractivity contribution in [2.75, 3.05) is 26.2 Å². The number of imide groups is 2. The van der Waals surface area contributed by atoms with Gasteiger partial charge < -0.3 is 19.3 Å². The highest BCUT2D eigenvalue weighted by Gasteiger charge is 2.38. The predicted octanol–water partition coefficient (Wildman–Crippen LogP) is 3.50. The number of amides is 4. The first kappa shape index (κ1) is 22.4. The molecule has 0 bridgehead atoms. The Labute approximate surface area is 190 Å². The lowest BCUT2D eigenvalue weighted by atomic mass is 10.1. The monoisotopic (exact) mass is 510 g/mol. The van der Waals surface area contributed by atoms with Crippen molar-refractivity contribution < 1.29 is 33.7 Å². The van der Waals surface area contributed by atoms with Crippen molar-refractivity contribution in [2.45, 2.75) is 0 Å². The van der Waals surface area contributed by atoms with Gasteiger partial charge in [-0.1, -0.05) is 11.6 Å². The largest absolute Gasteiger partial charge is 0.503 e. The van der Waals surface area contributed by atoms with Crippen LogP contribution in [0.25, 0.3) is 6.08 Å². The standard InChI is InChI=1S/C20H16BrClN2O7/c1-29-14-8-13(15(30-2)7-12(14)22)24-19(27)10(18(26)23-20(24)28)4-9-5-11(21)17(25)16(6-9)31-3/h4-8,25H,1-3H3,(H,23,26,28)/b10-4+. The molecule has 0 spiro atoms. The van der Waals surface area contributed by atoms with E-state index in [1.54, 1.807) is 0 Å². The highest BCUT2D eigenvalue weighted by atomic mass is 79.9. The van der Waals surface area contributed by atoms with Crippen molar-refractivity contribution >= 4 is 57.1 Å². The van der Waals surface area contributed by atoms with Gasteiger partial charge in [0, 0.05) is 12.1 Å². The highest BCUT2D eigenvalue weighted by Crippen LogP contribution is 2.40. The number of nitrogens with zero attached hydrogens (tertiary/aromatic N) is 1. The third kappa shape index (κ3) is 4.17. The van der Waals surface area contributed by atoms with Crippen LogP contribution in [0.2, 0.25) is 5.02 Å². The second-order valence-electron chi connectivity index (χ2n) is 6.17. The Hall–Kier alpha value is -3.24. The van der Waals surface area contributed by atoms with Crippen molar-refractivity contribution in [3.63, 3.8) is 0 Å². The first-order valence-corrected chi connectivity index (χ1v) is 9.78. The van der Waals surface area contributed by atoms with Gasteiger partial charge in [0.1, 0.15) is 17.1 Å². The smallest absolute Gasteiger partial charge is 0.336 e. The van der Waals surface area contributed by atoms with Crippen LogP contribution in [-0.2, 0) is 9.59 Å². The second-order valence-corrected chi connectivity index (χ2v) is 7.43. The van der Waals surface area contributed by atoms with E-state index in [1.807, 2.05) is 0 Å². The molecule has 4 amide bonds. The maximum Gasteiger partial charge on any atom is 0.336 e. The molecule has 2 aromatic rings. The molecule has 1 saturated heterocycles. The van der Waals surface area contributed by atoms with E-state index >= 15 is 0 Å². The number of rotatable bonds is 5. The number of anilines is 1. The number of barbiturate groups is 1. The molecule has 1 aliphatic heterocycles. The van der Waals surface area contributed by atoms with Gasteiger partial charge in [0.15, 0.2) is 11.5 Å². The zero-order chi connectivity index (χ0) is 22.9. The number of hydrogen-bond donors (Lipinski definition) is 2. The van der Waals surface area contributed by atoms with Crippen LogP contribution < -0.4 is 24.4 Å². The van der Waals surface area contributed by atoms with Crippen molar-refractivity contribution in [3.05, 3.63) is 44.9 Å². The van der Waals surface area contributed by atoms with Gasteiger partial charge in [0.25, 0.3) is 11.8 Å². The SMILES string of the molecule is COc1cc(N2C(=O)NC(=O)/C(=C\c3cc(Br)c(O)c(OC)c3)C2=O)c(OC)cc1Cl. The Morgan fingerprint density at radius 2 is 1.65 bits per heavy atom. The maximum absolute atomic E-state index is 13.2. The summed E-state index contributed by atoms with van der Waals surface area (Å²) in [7, 11) is 4.08. The molecule has 11 heteroatoms. The average Bonchev–Trinajstić information content (AvgIpc) is 2.73. The van der Waals surface area contributed by atoms with Gasteiger partial charge in [0.2, 0.25) is 0 Å². The van der Waals surface area contributed by atoms with Crippen LogP contribution in [0.5, 0.6) is 23.0 Å². The Morgan fingerprint density at radius 3 is 2.26 bits per heavy atom. The Bertz CT molecular complexity index is 1130. The zero-order valence-corrected chi connectivity index (χ0v) is 18.8. The molecule has 2 N–H and O–H groups in total. The van der Waals surface area contributed by atoms with Crippen molar-refractivity contribution in [1.29, 1.82) is 0 Å².